The molecule has 0 saturated heterocycles. The number of nitrogens with two attached hydrogens (primary N) is 1. The molecule has 0 spiro atoms. The standard InChI is InChI=1S/C15H20FN3O/c1-15(2,3)13(18)14(20)19(4)9-11-7-10(8-17)5-6-12(11)16/h5-7,13H,9,18H2,1-4H3/t13-/m1/s1. The monoisotopic (exact) mass is 277 g/mol. The van der Waals surface area contributed by atoms with Crippen molar-refractivity contribution in [3.8, 4) is 6.07 Å². The van der Waals surface area contributed by atoms with Gasteiger partial charge in [-0.15, -0.1) is 0 Å². The maximum absolute atomic E-state index is 13.7. The van der Waals surface area contributed by atoms with E-state index in [4.69, 9.17) is 11.0 Å². The van der Waals surface area contributed by atoms with Gasteiger partial charge in [0.05, 0.1) is 17.7 Å². The first kappa shape index (κ1) is 16.1. The number of nitrogens with zero attached hydrogens (tertiary/aromatic N) is 2. The normalized spacial score (nSPS) is 12.7. The van der Waals surface area contributed by atoms with Gasteiger partial charge in [-0.3, -0.25) is 4.79 Å². The van der Waals surface area contributed by atoms with Crippen LogP contribution in [0, 0.1) is 22.6 Å². The molecule has 0 aromatic heterocycles. The summed E-state index contributed by atoms with van der Waals surface area (Å²) in [5, 5.41) is 8.82. The number of carbonyl (C=O) groups is 1. The number of nitriles is 1. The molecule has 1 aromatic rings. The van der Waals surface area contributed by atoms with Gasteiger partial charge in [-0.1, -0.05) is 20.8 Å². The highest BCUT2D eigenvalue weighted by molar-refractivity contribution is 5.82. The van der Waals surface area contributed by atoms with Crippen LogP contribution in [0.5, 0.6) is 0 Å². The Hall–Kier alpha value is -1.93. The van der Waals surface area contributed by atoms with Crippen LogP contribution in [0.2, 0.25) is 0 Å². The number of hydrogen-bond donors (Lipinski definition) is 1. The molecule has 1 rings (SSSR count). The van der Waals surface area contributed by atoms with Crippen molar-refractivity contribution in [2.24, 2.45) is 11.1 Å². The lowest BCUT2D eigenvalue weighted by atomic mass is 9.86. The molecule has 0 bridgehead atoms. The van der Waals surface area contributed by atoms with Gasteiger partial charge < -0.3 is 10.6 Å². The predicted molar refractivity (Wildman–Crippen MR) is 75.0 cm³/mol. The first-order valence-electron chi connectivity index (χ1n) is 6.36. The van der Waals surface area contributed by atoms with E-state index in [0.29, 0.717) is 11.1 Å². The molecular formula is C15H20FN3O. The minimum Gasteiger partial charge on any atom is -0.340 e. The van der Waals surface area contributed by atoms with Crippen LogP contribution in [0.4, 0.5) is 4.39 Å². The summed E-state index contributed by atoms with van der Waals surface area (Å²) in [6.07, 6.45) is 0. The van der Waals surface area contributed by atoms with Crippen molar-refractivity contribution in [3.63, 3.8) is 0 Å². The molecule has 1 aromatic carbocycles. The number of hydrogen-bond acceptors (Lipinski definition) is 3. The van der Waals surface area contributed by atoms with Crippen LogP contribution in [-0.4, -0.2) is 23.9 Å². The fraction of sp³-hybridized carbons (Fsp3) is 0.467. The highest BCUT2D eigenvalue weighted by atomic mass is 19.1. The zero-order chi connectivity index (χ0) is 15.5. The van der Waals surface area contributed by atoms with Gasteiger partial charge in [-0.05, 0) is 23.6 Å². The smallest absolute Gasteiger partial charge is 0.240 e. The molecule has 0 aliphatic carbocycles. The molecule has 1 atom stereocenters. The molecule has 0 aliphatic rings. The Morgan fingerprint density at radius 1 is 1.50 bits per heavy atom. The Labute approximate surface area is 119 Å². The summed E-state index contributed by atoms with van der Waals surface area (Å²) in [6, 6.07) is 5.37. The van der Waals surface area contributed by atoms with E-state index >= 15 is 0 Å². The van der Waals surface area contributed by atoms with Crippen molar-refractivity contribution in [2.45, 2.75) is 33.4 Å². The Morgan fingerprint density at radius 2 is 2.10 bits per heavy atom. The van der Waals surface area contributed by atoms with Crippen molar-refractivity contribution in [3.05, 3.63) is 35.1 Å². The van der Waals surface area contributed by atoms with Crippen molar-refractivity contribution < 1.29 is 9.18 Å². The number of amides is 1. The zero-order valence-electron chi connectivity index (χ0n) is 12.3. The molecule has 5 heteroatoms. The average molecular weight is 277 g/mol. The van der Waals surface area contributed by atoms with E-state index in [1.807, 2.05) is 26.8 Å². The van der Waals surface area contributed by atoms with Crippen LogP contribution in [0.25, 0.3) is 0 Å². The fourth-order valence-electron chi connectivity index (χ4n) is 1.71. The molecule has 0 heterocycles. The Morgan fingerprint density at radius 3 is 2.60 bits per heavy atom. The van der Waals surface area contributed by atoms with Gasteiger partial charge in [0.2, 0.25) is 5.91 Å². The van der Waals surface area contributed by atoms with E-state index in [1.54, 1.807) is 7.05 Å². The van der Waals surface area contributed by atoms with Crippen molar-refractivity contribution in [1.82, 2.24) is 4.90 Å². The Kier molecular flexibility index (Phi) is 4.85. The SMILES string of the molecule is CN(Cc1cc(C#N)ccc1F)C(=O)[C@@H](N)C(C)(C)C. The van der Waals surface area contributed by atoms with E-state index in [9.17, 15) is 9.18 Å². The van der Waals surface area contributed by atoms with Gasteiger partial charge in [-0.2, -0.15) is 5.26 Å². The molecule has 108 valence electrons. The molecule has 0 unspecified atom stereocenters. The summed E-state index contributed by atoms with van der Waals surface area (Å²) in [5.74, 6) is -0.688. The van der Waals surface area contributed by atoms with Gasteiger partial charge in [0, 0.05) is 19.2 Å². The summed E-state index contributed by atoms with van der Waals surface area (Å²) in [5.41, 5.74) is 6.21. The summed E-state index contributed by atoms with van der Waals surface area (Å²) in [7, 11) is 1.58. The first-order chi connectivity index (χ1) is 9.16. The van der Waals surface area contributed by atoms with Crippen LogP contribution in [0.15, 0.2) is 18.2 Å². The number of benzene rings is 1. The summed E-state index contributed by atoms with van der Waals surface area (Å²) in [4.78, 5) is 13.6. The van der Waals surface area contributed by atoms with E-state index in [-0.39, 0.29) is 17.9 Å². The second kappa shape index (κ2) is 6.02. The van der Waals surface area contributed by atoms with E-state index < -0.39 is 11.9 Å². The van der Waals surface area contributed by atoms with Gasteiger partial charge in [0.25, 0.3) is 0 Å². The van der Waals surface area contributed by atoms with E-state index in [0.717, 1.165) is 0 Å². The van der Waals surface area contributed by atoms with Gasteiger partial charge >= 0.3 is 0 Å². The second-order valence-corrected chi connectivity index (χ2v) is 5.96. The number of carbonyl (C=O) groups excluding carboxylic acids is 1. The van der Waals surface area contributed by atoms with E-state index in [1.165, 1.54) is 23.1 Å². The van der Waals surface area contributed by atoms with Crippen LogP contribution in [0.1, 0.15) is 31.9 Å². The lowest BCUT2D eigenvalue weighted by Crippen LogP contribution is -2.49. The summed E-state index contributed by atoms with van der Waals surface area (Å²) >= 11 is 0. The van der Waals surface area contributed by atoms with Crippen LogP contribution >= 0.6 is 0 Å². The highest BCUT2D eigenvalue weighted by Gasteiger charge is 2.29. The topological polar surface area (TPSA) is 70.1 Å². The zero-order valence-corrected chi connectivity index (χ0v) is 12.3. The maximum Gasteiger partial charge on any atom is 0.240 e. The third-order valence-electron chi connectivity index (χ3n) is 3.16. The minimum absolute atomic E-state index is 0.0873. The second-order valence-electron chi connectivity index (χ2n) is 5.96. The molecule has 0 saturated carbocycles. The third-order valence-corrected chi connectivity index (χ3v) is 3.16. The molecule has 2 N–H and O–H groups in total. The van der Waals surface area contributed by atoms with Gasteiger partial charge in [0.15, 0.2) is 0 Å². The number of likely N-dealkylation sites (N-methyl/N-ethyl adjacent to an activating group) is 1. The largest absolute Gasteiger partial charge is 0.340 e. The molecule has 1 amide bonds. The molecule has 0 aliphatic heterocycles. The molecule has 4 nitrogen and oxygen atoms in total. The fourth-order valence-corrected chi connectivity index (χ4v) is 1.71. The molecule has 0 radical (unpaired) electrons. The molecule has 20 heavy (non-hydrogen) atoms. The van der Waals surface area contributed by atoms with Gasteiger partial charge in [0.1, 0.15) is 5.82 Å². The first-order valence-corrected chi connectivity index (χ1v) is 6.36. The van der Waals surface area contributed by atoms with Crippen LogP contribution in [-0.2, 0) is 11.3 Å². The van der Waals surface area contributed by atoms with Gasteiger partial charge in [-0.25, -0.2) is 4.39 Å². The lowest BCUT2D eigenvalue weighted by Gasteiger charge is -2.30. The van der Waals surface area contributed by atoms with E-state index in [2.05, 4.69) is 0 Å². The Balaban J connectivity index is 2.89. The number of rotatable bonds is 3. The lowest BCUT2D eigenvalue weighted by molar-refractivity contribution is -0.134. The number of halogens is 1. The third kappa shape index (κ3) is 3.78. The van der Waals surface area contributed by atoms with Crippen molar-refractivity contribution in [2.75, 3.05) is 7.05 Å². The Bertz CT molecular complexity index is 543. The van der Waals surface area contributed by atoms with Crippen molar-refractivity contribution >= 4 is 5.91 Å². The average Bonchev–Trinajstić information content (AvgIpc) is 2.38. The quantitative estimate of drug-likeness (QED) is 0.919. The summed E-state index contributed by atoms with van der Waals surface area (Å²) < 4.78 is 13.7. The highest BCUT2D eigenvalue weighted by Crippen LogP contribution is 2.20. The van der Waals surface area contributed by atoms with Crippen LogP contribution in [0.3, 0.4) is 0 Å². The minimum atomic E-state index is -0.658. The summed E-state index contributed by atoms with van der Waals surface area (Å²) in [6.45, 7) is 5.71. The predicted octanol–water partition coefficient (Wildman–Crippen LogP) is 2.03. The molecular weight excluding hydrogens is 257 g/mol. The van der Waals surface area contributed by atoms with Crippen LogP contribution < -0.4 is 5.73 Å². The molecule has 0 fully saturated rings. The van der Waals surface area contributed by atoms with Crippen molar-refractivity contribution in [1.29, 1.82) is 5.26 Å². The maximum atomic E-state index is 13.7.